The lowest BCUT2D eigenvalue weighted by atomic mass is 10.1. The van der Waals surface area contributed by atoms with Gasteiger partial charge < -0.3 is 9.47 Å². The number of allylic oxidation sites excluding steroid dienone is 4. The maximum Gasteiger partial charge on any atom is 0.306 e. The molecule has 0 aliphatic rings. The fraction of sp³-hybridized carbons (Fsp3) is 0.850. The number of rotatable bonds is 34. The van der Waals surface area contributed by atoms with E-state index in [0.717, 1.165) is 25.7 Å². The van der Waals surface area contributed by atoms with Crippen LogP contribution in [-0.4, -0.2) is 24.6 Å². The predicted molar refractivity (Wildman–Crippen MR) is 190 cm³/mol. The molecule has 0 saturated heterocycles. The molecule has 0 aliphatic carbocycles. The maximum absolute atomic E-state index is 12.2. The summed E-state index contributed by atoms with van der Waals surface area (Å²) in [5.41, 5.74) is 0. The van der Waals surface area contributed by atoms with Crippen LogP contribution in [0.1, 0.15) is 207 Å². The molecular weight excluding hydrogens is 544 g/mol. The highest BCUT2D eigenvalue weighted by atomic mass is 16.6. The largest absolute Gasteiger partial charge is 0.462 e. The summed E-state index contributed by atoms with van der Waals surface area (Å²) in [5, 5.41) is 0. The van der Waals surface area contributed by atoms with Crippen molar-refractivity contribution in [3.05, 3.63) is 24.3 Å². The molecule has 1 unspecified atom stereocenters. The smallest absolute Gasteiger partial charge is 0.306 e. The molecular formula is C40H74O4. The van der Waals surface area contributed by atoms with Gasteiger partial charge in [0.2, 0.25) is 0 Å². The first-order valence-electron chi connectivity index (χ1n) is 19.3. The van der Waals surface area contributed by atoms with Crippen LogP contribution in [0.5, 0.6) is 0 Å². The van der Waals surface area contributed by atoms with E-state index >= 15 is 0 Å². The molecule has 0 amide bonds. The van der Waals surface area contributed by atoms with Crippen molar-refractivity contribution in [2.45, 2.75) is 213 Å². The zero-order chi connectivity index (χ0) is 32.2. The molecule has 0 radical (unpaired) electrons. The molecule has 0 heterocycles. The Morgan fingerprint density at radius 3 is 1.18 bits per heavy atom. The van der Waals surface area contributed by atoms with Crippen molar-refractivity contribution in [1.82, 2.24) is 0 Å². The minimum atomic E-state index is -0.330. The molecule has 0 fully saturated rings. The SMILES string of the molecule is CCCCCCCC/C=C/CCCCCCCC(=O)OCC(CC)OC(=O)CCCCCCC/C=C/CCCCCCCC. The maximum atomic E-state index is 12.2. The van der Waals surface area contributed by atoms with Crippen LogP contribution in [0.25, 0.3) is 0 Å². The van der Waals surface area contributed by atoms with E-state index < -0.39 is 0 Å². The average molecular weight is 619 g/mol. The number of ether oxygens (including phenoxy) is 2. The van der Waals surface area contributed by atoms with E-state index in [0.29, 0.717) is 19.3 Å². The zero-order valence-corrected chi connectivity index (χ0v) is 29.7. The Bertz CT molecular complexity index is 668. The summed E-state index contributed by atoms with van der Waals surface area (Å²) in [5.74, 6) is -0.336. The van der Waals surface area contributed by atoms with Crippen LogP contribution in [0.2, 0.25) is 0 Å². The first kappa shape index (κ1) is 42.4. The quantitative estimate of drug-likeness (QED) is 0.0409. The van der Waals surface area contributed by atoms with Crippen molar-refractivity contribution in [2.24, 2.45) is 0 Å². The number of esters is 2. The minimum Gasteiger partial charge on any atom is -0.462 e. The van der Waals surface area contributed by atoms with Crippen LogP contribution in [0.15, 0.2) is 24.3 Å². The van der Waals surface area contributed by atoms with Gasteiger partial charge in [-0.2, -0.15) is 0 Å². The van der Waals surface area contributed by atoms with Gasteiger partial charge in [-0.3, -0.25) is 9.59 Å². The summed E-state index contributed by atoms with van der Waals surface area (Å²) in [7, 11) is 0. The van der Waals surface area contributed by atoms with Gasteiger partial charge in [0.15, 0.2) is 0 Å². The van der Waals surface area contributed by atoms with Crippen LogP contribution in [-0.2, 0) is 19.1 Å². The molecule has 0 N–H and O–H groups in total. The lowest BCUT2D eigenvalue weighted by molar-refractivity contribution is -0.159. The third-order valence-corrected chi connectivity index (χ3v) is 8.47. The van der Waals surface area contributed by atoms with E-state index in [4.69, 9.17) is 9.47 Å². The summed E-state index contributed by atoms with van der Waals surface area (Å²) in [6.45, 7) is 6.68. The minimum absolute atomic E-state index is 0.164. The topological polar surface area (TPSA) is 52.6 Å². The molecule has 0 aromatic heterocycles. The Morgan fingerprint density at radius 1 is 0.455 bits per heavy atom. The average Bonchev–Trinajstić information content (AvgIpc) is 3.02. The molecule has 0 aliphatic heterocycles. The highest BCUT2D eigenvalue weighted by Crippen LogP contribution is 2.13. The Kier molecular flexibility index (Phi) is 34.6. The first-order chi connectivity index (χ1) is 21.6. The standard InChI is InChI=1S/C40H74O4/c1-4-7-9-11-13-15-17-19-21-23-25-27-29-31-33-35-39(41)43-37-38(6-3)44-40(42)36-34-32-30-28-26-24-22-20-18-16-14-12-10-8-5-2/h19-22,38H,4-18,23-37H2,1-3H3/b21-19+,22-20+. The molecule has 0 aromatic rings. The van der Waals surface area contributed by atoms with Gasteiger partial charge in [0, 0.05) is 12.8 Å². The van der Waals surface area contributed by atoms with Gasteiger partial charge >= 0.3 is 11.9 Å². The fourth-order valence-electron chi connectivity index (χ4n) is 5.42. The summed E-state index contributed by atoms with van der Waals surface area (Å²) in [4.78, 5) is 24.4. The molecule has 4 heteroatoms. The molecule has 0 bridgehead atoms. The predicted octanol–water partition coefficient (Wildman–Crippen LogP) is 12.9. The van der Waals surface area contributed by atoms with Crippen molar-refractivity contribution >= 4 is 11.9 Å². The molecule has 1 atom stereocenters. The third kappa shape index (κ3) is 33.3. The highest BCUT2D eigenvalue weighted by molar-refractivity contribution is 5.70. The van der Waals surface area contributed by atoms with Gasteiger partial charge in [0.05, 0.1) is 0 Å². The Balaban J connectivity index is 3.58. The molecule has 0 rings (SSSR count). The lowest BCUT2D eigenvalue weighted by Crippen LogP contribution is -2.24. The normalized spacial score (nSPS) is 12.3. The van der Waals surface area contributed by atoms with Crippen LogP contribution < -0.4 is 0 Å². The zero-order valence-electron chi connectivity index (χ0n) is 29.7. The van der Waals surface area contributed by atoms with Gasteiger partial charge in [-0.1, -0.05) is 148 Å². The van der Waals surface area contributed by atoms with Crippen LogP contribution in [0.4, 0.5) is 0 Å². The van der Waals surface area contributed by atoms with Gasteiger partial charge in [-0.05, 0) is 70.6 Å². The van der Waals surface area contributed by atoms with E-state index in [-0.39, 0.29) is 24.6 Å². The third-order valence-electron chi connectivity index (χ3n) is 8.47. The number of hydrogen-bond acceptors (Lipinski definition) is 4. The molecule has 4 nitrogen and oxygen atoms in total. The van der Waals surface area contributed by atoms with Crippen LogP contribution in [0.3, 0.4) is 0 Å². The molecule has 44 heavy (non-hydrogen) atoms. The number of carbonyl (C=O) groups excluding carboxylic acids is 2. The summed E-state index contributed by atoms with van der Waals surface area (Å²) >= 11 is 0. The van der Waals surface area contributed by atoms with Crippen LogP contribution in [0, 0.1) is 0 Å². The summed E-state index contributed by atoms with van der Waals surface area (Å²) < 4.78 is 11.0. The van der Waals surface area contributed by atoms with Crippen molar-refractivity contribution in [1.29, 1.82) is 0 Å². The van der Waals surface area contributed by atoms with E-state index in [2.05, 4.69) is 38.2 Å². The number of carbonyl (C=O) groups is 2. The molecule has 0 spiro atoms. The lowest BCUT2D eigenvalue weighted by Gasteiger charge is -2.16. The van der Waals surface area contributed by atoms with Crippen molar-refractivity contribution in [3.63, 3.8) is 0 Å². The summed E-state index contributed by atoms with van der Waals surface area (Å²) in [6.07, 6.45) is 43.0. The molecule has 0 aromatic carbocycles. The Labute approximate surface area is 274 Å². The highest BCUT2D eigenvalue weighted by Gasteiger charge is 2.15. The first-order valence-corrected chi connectivity index (χ1v) is 19.3. The van der Waals surface area contributed by atoms with Gasteiger partial charge in [0.25, 0.3) is 0 Å². The van der Waals surface area contributed by atoms with Gasteiger partial charge in [-0.25, -0.2) is 0 Å². The fourth-order valence-corrected chi connectivity index (χ4v) is 5.42. The van der Waals surface area contributed by atoms with Crippen molar-refractivity contribution in [2.75, 3.05) is 6.61 Å². The van der Waals surface area contributed by atoms with Crippen molar-refractivity contribution < 1.29 is 19.1 Å². The Hall–Kier alpha value is -1.58. The second kappa shape index (κ2) is 35.9. The number of unbranched alkanes of at least 4 members (excludes halogenated alkanes) is 22. The number of hydrogen-bond donors (Lipinski definition) is 0. The molecule has 258 valence electrons. The van der Waals surface area contributed by atoms with E-state index in [1.54, 1.807) is 0 Å². The second-order valence-corrected chi connectivity index (χ2v) is 12.9. The summed E-state index contributed by atoms with van der Waals surface area (Å²) in [6, 6.07) is 0. The second-order valence-electron chi connectivity index (χ2n) is 12.9. The Morgan fingerprint density at radius 2 is 0.795 bits per heavy atom. The van der Waals surface area contributed by atoms with Crippen molar-refractivity contribution in [3.8, 4) is 0 Å². The van der Waals surface area contributed by atoms with Crippen LogP contribution >= 0.6 is 0 Å². The van der Waals surface area contributed by atoms with Gasteiger partial charge in [0.1, 0.15) is 12.7 Å². The van der Waals surface area contributed by atoms with E-state index in [1.165, 1.54) is 141 Å². The molecule has 0 saturated carbocycles. The van der Waals surface area contributed by atoms with E-state index in [1.807, 2.05) is 6.92 Å². The van der Waals surface area contributed by atoms with E-state index in [9.17, 15) is 9.59 Å². The monoisotopic (exact) mass is 619 g/mol. The van der Waals surface area contributed by atoms with Gasteiger partial charge in [-0.15, -0.1) is 0 Å².